The zero-order valence-corrected chi connectivity index (χ0v) is 24.3. The largest absolute Gasteiger partial charge is 0.457 e. The molecule has 1 aliphatic carbocycles. The van der Waals surface area contributed by atoms with E-state index in [9.17, 15) is 9.59 Å². The van der Waals surface area contributed by atoms with Gasteiger partial charge in [-0.3, -0.25) is 14.3 Å². The number of para-hydroxylation sites is 1. The van der Waals surface area contributed by atoms with Crippen LogP contribution in [0.3, 0.4) is 0 Å². The number of nitrogen functional groups attached to an aromatic ring is 1. The highest BCUT2D eigenvalue weighted by atomic mass is 16.5. The number of benzene rings is 3. The Labute approximate surface area is 249 Å². The summed E-state index contributed by atoms with van der Waals surface area (Å²) >= 11 is 0. The summed E-state index contributed by atoms with van der Waals surface area (Å²) in [6, 6.07) is 22.8. The molecule has 1 fully saturated rings. The number of likely N-dealkylation sites (N-methyl/N-ethyl adjacent to an activating group) is 2. The number of nitrogens with two attached hydrogens (primary N) is 1. The molecule has 10 heteroatoms. The van der Waals surface area contributed by atoms with Gasteiger partial charge in [0.05, 0.1) is 11.4 Å². The van der Waals surface area contributed by atoms with E-state index in [2.05, 4.69) is 21.9 Å². The molecule has 0 atom stereocenters. The number of hydrogen-bond acceptors (Lipinski definition) is 7. The van der Waals surface area contributed by atoms with Crippen LogP contribution in [0.15, 0.2) is 96.1 Å². The first-order chi connectivity index (χ1) is 20.8. The smallest absolute Gasteiger partial charge is 0.339 e. The predicted molar refractivity (Wildman–Crippen MR) is 168 cm³/mol. The lowest BCUT2D eigenvalue weighted by Crippen LogP contribution is -2.26. The average Bonchev–Trinajstić information content (AvgIpc) is 3.81. The van der Waals surface area contributed by atoms with Crippen molar-refractivity contribution in [3.63, 3.8) is 0 Å². The van der Waals surface area contributed by atoms with Crippen LogP contribution in [-0.4, -0.2) is 56.6 Å². The van der Waals surface area contributed by atoms with Gasteiger partial charge < -0.3 is 15.4 Å². The second-order valence-electron chi connectivity index (χ2n) is 10.8. The van der Waals surface area contributed by atoms with Gasteiger partial charge in [0, 0.05) is 31.4 Å². The van der Waals surface area contributed by atoms with Gasteiger partial charge >= 0.3 is 5.69 Å². The van der Waals surface area contributed by atoms with E-state index in [1.165, 1.54) is 28.3 Å². The second-order valence-corrected chi connectivity index (χ2v) is 10.8. The van der Waals surface area contributed by atoms with E-state index in [1.54, 1.807) is 48.4 Å². The summed E-state index contributed by atoms with van der Waals surface area (Å²) in [4.78, 5) is 39.5. The lowest BCUT2D eigenvalue weighted by atomic mass is 10.1. The van der Waals surface area contributed by atoms with E-state index in [1.807, 2.05) is 55.5 Å². The van der Waals surface area contributed by atoms with Gasteiger partial charge in [0.15, 0.2) is 11.5 Å². The van der Waals surface area contributed by atoms with Crippen LogP contribution < -0.4 is 21.1 Å². The number of carbonyl (C=O) groups excluding carboxylic acids is 1. The number of fused-ring (bicyclic) bond motifs is 1. The molecule has 2 heterocycles. The Balaban J connectivity index is 1.35. The number of aryl methyl sites for hydroxylation is 1. The van der Waals surface area contributed by atoms with Crippen LogP contribution in [0.25, 0.3) is 22.5 Å². The Morgan fingerprint density at radius 3 is 2.42 bits per heavy atom. The van der Waals surface area contributed by atoms with Crippen LogP contribution in [-0.2, 0) is 4.79 Å². The predicted octanol–water partition coefficient (Wildman–Crippen LogP) is 4.87. The number of aromatic nitrogens is 4. The van der Waals surface area contributed by atoms with Gasteiger partial charge in [-0.1, -0.05) is 24.3 Å². The molecule has 2 aromatic heterocycles. The fourth-order valence-corrected chi connectivity index (χ4v) is 5.10. The van der Waals surface area contributed by atoms with Crippen molar-refractivity contribution < 1.29 is 9.53 Å². The van der Waals surface area contributed by atoms with Crippen molar-refractivity contribution in [1.29, 1.82) is 0 Å². The summed E-state index contributed by atoms with van der Waals surface area (Å²) in [5, 5.41) is 0. The maximum atomic E-state index is 14.1. The fourth-order valence-electron chi connectivity index (χ4n) is 5.10. The van der Waals surface area contributed by atoms with Crippen molar-refractivity contribution in [2.24, 2.45) is 0 Å². The van der Waals surface area contributed by atoms with E-state index >= 15 is 0 Å². The third-order valence-corrected chi connectivity index (χ3v) is 7.57. The number of nitrogens with zero attached hydrogens (tertiary/aromatic N) is 6. The fraction of sp³-hybridized carbons (Fsp3) is 0.212. The highest BCUT2D eigenvalue weighted by Crippen LogP contribution is 2.28. The molecular formula is C33H33N7O3. The average molecular weight is 576 g/mol. The van der Waals surface area contributed by atoms with Crippen LogP contribution in [0, 0.1) is 6.92 Å². The number of amides is 1. The normalized spacial score (nSPS) is 13.2. The molecule has 0 unspecified atom stereocenters. The third-order valence-electron chi connectivity index (χ3n) is 7.57. The van der Waals surface area contributed by atoms with Gasteiger partial charge in [0.1, 0.15) is 23.3 Å². The molecule has 0 spiro atoms. The number of anilines is 2. The summed E-state index contributed by atoms with van der Waals surface area (Å²) in [6.07, 6.45) is 7.25. The van der Waals surface area contributed by atoms with Crippen molar-refractivity contribution in [3.05, 3.63) is 107 Å². The van der Waals surface area contributed by atoms with Gasteiger partial charge in [-0.15, -0.1) is 0 Å². The molecule has 1 saturated carbocycles. The van der Waals surface area contributed by atoms with Crippen LogP contribution in [0.2, 0.25) is 0 Å². The molecule has 0 bridgehead atoms. The molecule has 0 aliphatic heterocycles. The maximum absolute atomic E-state index is 14.1. The van der Waals surface area contributed by atoms with Gasteiger partial charge in [-0.2, -0.15) is 0 Å². The molecule has 6 rings (SSSR count). The molecule has 43 heavy (non-hydrogen) atoms. The van der Waals surface area contributed by atoms with E-state index in [-0.39, 0.29) is 17.4 Å². The SMILES string of the molecule is Cc1cc(N(C)C(=O)C=CCN(C)C2CC2)cc(-n2c(=O)n(-c3ccc(Oc4ccccc4)cc3)c3c(N)ncnc32)c1. The van der Waals surface area contributed by atoms with Gasteiger partial charge in [-0.05, 0) is 87.0 Å². The number of ether oxygens (including phenoxy) is 1. The first-order valence-electron chi connectivity index (χ1n) is 14.1. The standard InChI is InChI=1S/C33H33N7O3/c1-22-18-25(38(3)29(41)10-7-17-37(2)23-11-12-23)20-26(19-22)40-32-30(31(34)35-21-36-32)39(33(40)42)24-13-15-28(16-14-24)43-27-8-5-4-6-9-27/h4-10,13-16,18-21,23H,11-12,17H2,1-3H3,(H2,34,35,36). The monoisotopic (exact) mass is 575 g/mol. The Morgan fingerprint density at radius 2 is 1.70 bits per heavy atom. The minimum absolute atomic E-state index is 0.153. The Hall–Kier alpha value is -5.22. The van der Waals surface area contributed by atoms with Gasteiger partial charge in [0.25, 0.3) is 0 Å². The quantitative estimate of drug-likeness (QED) is 0.250. The Bertz CT molecular complexity index is 1870. The number of hydrogen-bond donors (Lipinski definition) is 1. The second kappa shape index (κ2) is 11.6. The molecule has 0 saturated heterocycles. The van der Waals surface area contributed by atoms with Crippen molar-refractivity contribution in [2.45, 2.75) is 25.8 Å². The number of imidazole rings is 1. The first kappa shape index (κ1) is 27.9. The lowest BCUT2D eigenvalue weighted by molar-refractivity contribution is -0.113. The molecule has 3 aromatic carbocycles. The minimum atomic E-state index is -0.368. The molecular weight excluding hydrogens is 542 g/mol. The molecule has 0 radical (unpaired) electrons. The zero-order valence-electron chi connectivity index (χ0n) is 24.3. The summed E-state index contributed by atoms with van der Waals surface area (Å²) < 4.78 is 8.91. The highest BCUT2D eigenvalue weighted by molar-refractivity contribution is 6.01. The maximum Gasteiger partial charge on any atom is 0.339 e. The summed E-state index contributed by atoms with van der Waals surface area (Å²) in [5.74, 6) is 1.36. The van der Waals surface area contributed by atoms with Crippen LogP contribution >= 0.6 is 0 Å². The number of carbonyl (C=O) groups is 1. The van der Waals surface area contributed by atoms with E-state index in [4.69, 9.17) is 10.5 Å². The highest BCUT2D eigenvalue weighted by Gasteiger charge is 2.25. The van der Waals surface area contributed by atoms with Crippen molar-refractivity contribution in [1.82, 2.24) is 24.0 Å². The van der Waals surface area contributed by atoms with E-state index < -0.39 is 0 Å². The van der Waals surface area contributed by atoms with Crippen LogP contribution in [0.1, 0.15) is 18.4 Å². The summed E-state index contributed by atoms with van der Waals surface area (Å²) in [5.41, 5.74) is 9.36. The molecule has 5 aromatic rings. The van der Waals surface area contributed by atoms with Gasteiger partial charge in [0.2, 0.25) is 5.91 Å². The van der Waals surface area contributed by atoms with Crippen molar-refractivity contribution in [3.8, 4) is 22.9 Å². The summed E-state index contributed by atoms with van der Waals surface area (Å²) in [7, 11) is 3.79. The topological polar surface area (TPSA) is 112 Å². The molecule has 1 aliphatic rings. The van der Waals surface area contributed by atoms with E-state index in [0.717, 1.165) is 12.1 Å². The summed E-state index contributed by atoms with van der Waals surface area (Å²) in [6.45, 7) is 2.64. The van der Waals surface area contributed by atoms with Crippen molar-refractivity contribution >= 4 is 28.6 Å². The lowest BCUT2D eigenvalue weighted by Gasteiger charge is -2.18. The van der Waals surface area contributed by atoms with Crippen molar-refractivity contribution in [2.75, 3.05) is 31.3 Å². The number of rotatable bonds is 9. The molecule has 1 amide bonds. The Morgan fingerprint density at radius 1 is 0.977 bits per heavy atom. The first-order valence-corrected chi connectivity index (χ1v) is 14.1. The zero-order chi connectivity index (χ0) is 30.1. The molecule has 218 valence electrons. The van der Waals surface area contributed by atoms with Crippen LogP contribution in [0.4, 0.5) is 11.5 Å². The van der Waals surface area contributed by atoms with Gasteiger partial charge in [-0.25, -0.2) is 19.3 Å². The van der Waals surface area contributed by atoms with E-state index in [0.29, 0.717) is 45.8 Å². The molecule has 2 N–H and O–H groups in total. The minimum Gasteiger partial charge on any atom is -0.457 e. The Kier molecular flexibility index (Phi) is 7.52. The third kappa shape index (κ3) is 5.77. The molecule has 10 nitrogen and oxygen atoms in total. The van der Waals surface area contributed by atoms with Crippen LogP contribution in [0.5, 0.6) is 11.5 Å².